The molecule has 7 nitrogen and oxygen atoms in total. The Bertz CT molecular complexity index is 737. The van der Waals surface area contributed by atoms with Gasteiger partial charge in [-0.15, -0.1) is 0 Å². The molecule has 0 unspecified atom stereocenters. The molecule has 0 spiro atoms. The number of ether oxygens (including phenoxy) is 2. The second-order valence-electron chi connectivity index (χ2n) is 6.14. The van der Waals surface area contributed by atoms with Crippen LogP contribution in [0.1, 0.15) is 28.3 Å². The van der Waals surface area contributed by atoms with E-state index in [1.165, 1.54) is 0 Å². The first-order chi connectivity index (χ1) is 12.1. The predicted molar refractivity (Wildman–Crippen MR) is 90.4 cm³/mol. The van der Waals surface area contributed by atoms with Crippen LogP contribution in [0.2, 0.25) is 0 Å². The molecule has 3 rings (SSSR count). The highest BCUT2D eigenvalue weighted by molar-refractivity contribution is 5.79. The lowest BCUT2D eigenvalue weighted by Crippen LogP contribution is -2.37. The van der Waals surface area contributed by atoms with Gasteiger partial charge in [0.2, 0.25) is 11.8 Å². The molecule has 2 aromatic rings. The van der Waals surface area contributed by atoms with E-state index in [1.807, 2.05) is 30.9 Å². The summed E-state index contributed by atoms with van der Waals surface area (Å²) in [7, 11) is 1.64. The molecule has 25 heavy (non-hydrogen) atoms. The van der Waals surface area contributed by atoms with Crippen molar-refractivity contribution in [2.45, 2.75) is 33.2 Å². The second kappa shape index (κ2) is 7.65. The summed E-state index contributed by atoms with van der Waals surface area (Å²) in [6, 6.07) is 3.83. The molecule has 0 aromatic carbocycles. The molecule has 0 aliphatic carbocycles. The lowest BCUT2D eigenvalue weighted by Gasteiger charge is -2.28. The van der Waals surface area contributed by atoms with Crippen molar-refractivity contribution in [2.24, 2.45) is 0 Å². The molecular weight excluding hydrogens is 322 g/mol. The zero-order valence-corrected chi connectivity index (χ0v) is 14.9. The molecule has 134 valence electrons. The van der Waals surface area contributed by atoms with Crippen molar-refractivity contribution in [3.8, 4) is 5.88 Å². The minimum Gasteiger partial charge on any atom is -0.475 e. The van der Waals surface area contributed by atoms with E-state index in [4.69, 9.17) is 14.0 Å². The molecule has 7 heteroatoms. The average Bonchev–Trinajstić information content (AvgIpc) is 2.93. The number of amides is 1. The van der Waals surface area contributed by atoms with Crippen LogP contribution in [0, 0.1) is 13.8 Å². The summed E-state index contributed by atoms with van der Waals surface area (Å²) in [5.74, 6) is 1.40. The number of hydrogen-bond acceptors (Lipinski definition) is 6. The Balaban J connectivity index is 1.64. The van der Waals surface area contributed by atoms with Crippen LogP contribution in [0.4, 0.5) is 0 Å². The molecule has 0 saturated heterocycles. The number of nitrogens with zero attached hydrogens (tertiary/aromatic N) is 3. The SMILES string of the molecule is COCCOc1ccc2c(n1)CCN(C(=O)Cc1c(C)noc1C)C2. The molecule has 1 amide bonds. The second-order valence-corrected chi connectivity index (χ2v) is 6.14. The summed E-state index contributed by atoms with van der Waals surface area (Å²) in [6.07, 6.45) is 1.05. The number of fused-ring (bicyclic) bond motifs is 1. The Morgan fingerprint density at radius 2 is 2.16 bits per heavy atom. The fraction of sp³-hybridized carbons (Fsp3) is 0.500. The highest BCUT2D eigenvalue weighted by Crippen LogP contribution is 2.22. The highest BCUT2D eigenvalue weighted by atomic mass is 16.5. The molecule has 2 aromatic heterocycles. The van der Waals surface area contributed by atoms with E-state index in [9.17, 15) is 4.79 Å². The number of hydrogen-bond donors (Lipinski definition) is 0. The first-order valence-corrected chi connectivity index (χ1v) is 8.38. The van der Waals surface area contributed by atoms with E-state index in [2.05, 4.69) is 10.1 Å². The first kappa shape index (κ1) is 17.4. The van der Waals surface area contributed by atoms with Gasteiger partial charge >= 0.3 is 0 Å². The monoisotopic (exact) mass is 345 g/mol. The van der Waals surface area contributed by atoms with Gasteiger partial charge in [0.25, 0.3) is 0 Å². The fourth-order valence-corrected chi connectivity index (χ4v) is 2.94. The van der Waals surface area contributed by atoms with Gasteiger partial charge in [0, 0.05) is 38.2 Å². The van der Waals surface area contributed by atoms with Crippen LogP contribution in [0.3, 0.4) is 0 Å². The third kappa shape index (κ3) is 3.99. The van der Waals surface area contributed by atoms with E-state index in [1.54, 1.807) is 7.11 Å². The van der Waals surface area contributed by atoms with Gasteiger partial charge in [-0.05, 0) is 19.4 Å². The molecule has 0 radical (unpaired) electrons. The van der Waals surface area contributed by atoms with Gasteiger partial charge in [0.1, 0.15) is 12.4 Å². The van der Waals surface area contributed by atoms with Crippen molar-refractivity contribution in [3.05, 3.63) is 40.4 Å². The topological polar surface area (TPSA) is 77.7 Å². The Hall–Kier alpha value is -2.41. The molecule has 0 saturated carbocycles. The Labute approximate surface area is 146 Å². The van der Waals surface area contributed by atoms with Crippen LogP contribution in [-0.4, -0.2) is 47.8 Å². The number of aromatic nitrogens is 2. The first-order valence-electron chi connectivity index (χ1n) is 8.38. The summed E-state index contributed by atoms with van der Waals surface area (Å²) in [6.45, 7) is 5.93. The van der Waals surface area contributed by atoms with Crippen LogP contribution >= 0.6 is 0 Å². The van der Waals surface area contributed by atoms with E-state index in [0.29, 0.717) is 44.4 Å². The molecule has 0 N–H and O–H groups in total. The van der Waals surface area contributed by atoms with Gasteiger partial charge in [0.05, 0.1) is 24.4 Å². The number of carbonyl (C=O) groups is 1. The highest BCUT2D eigenvalue weighted by Gasteiger charge is 2.24. The minimum absolute atomic E-state index is 0.0838. The van der Waals surface area contributed by atoms with E-state index >= 15 is 0 Å². The summed E-state index contributed by atoms with van der Waals surface area (Å²) in [5, 5.41) is 3.91. The van der Waals surface area contributed by atoms with E-state index < -0.39 is 0 Å². The van der Waals surface area contributed by atoms with Gasteiger partial charge in [-0.25, -0.2) is 4.98 Å². The third-order valence-corrected chi connectivity index (χ3v) is 4.42. The number of aryl methyl sites for hydroxylation is 2. The normalized spacial score (nSPS) is 13.6. The maximum absolute atomic E-state index is 12.6. The third-order valence-electron chi connectivity index (χ3n) is 4.42. The van der Waals surface area contributed by atoms with Crippen molar-refractivity contribution in [2.75, 3.05) is 26.9 Å². The number of carbonyl (C=O) groups excluding carboxylic acids is 1. The summed E-state index contributed by atoms with van der Waals surface area (Å²) in [5.41, 5.74) is 3.73. The van der Waals surface area contributed by atoms with Crippen molar-refractivity contribution in [1.29, 1.82) is 0 Å². The molecule has 1 aliphatic heterocycles. The quantitative estimate of drug-likeness (QED) is 0.744. The van der Waals surface area contributed by atoms with Crippen molar-refractivity contribution >= 4 is 5.91 Å². The Kier molecular flexibility index (Phi) is 5.33. The molecule has 3 heterocycles. The van der Waals surface area contributed by atoms with Crippen LogP contribution in [0.5, 0.6) is 5.88 Å². The lowest BCUT2D eigenvalue weighted by atomic mass is 10.0. The van der Waals surface area contributed by atoms with Gasteiger partial charge in [-0.1, -0.05) is 11.2 Å². The lowest BCUT2D eigenvalue weighted by molar-refractivity contribution is -0.131. The van der Waals surface area contributed by atoms with Gasteiger partial charge in [-0.3, -0.25) is 4.79 Å². The molecular formula is C18H23N3O4. The predicted octanol–water partition coefficient (Wildman–Crippen LogP) is 1.84. The van der Waals surface area contributed by atoms with Gasteiger partial charge < -0.3 is 18.9 Å². The maximum atomic E-state index is 12.6. The smallest absolute Gasteiger partial charge is 0.227 e. The molecule has 0 bridgehead atoms. The number of rotatable bonds is 6. The molecule has 0 fully saturated rings. The average molecular weight is 345 g/mol. The molecule has 1 aliphatic rings. The van der Waals surface area contributed by atoms with Crippen LogP contribution in [0.25, 0.3) is 0 Å². The summed E-state index contributed by atoms with van der Waals surface area (Å²) in [4.78, 5) is 19.0. The van der Waals surface area contributed by atoms with E-state index in [0.717, 1.165) is 28.9 Å². The Morgan fingerprint density at radius 3 is 2.88 bits per heavy atom. The van der Waals surface area contributed by atoms with Crippen molar-refractivity contribution in [1.82, 2.24) is 15.0 Å². The standard InChI is InChI=1S/C18H23N3O4/c1-12-15(13(2)25-20-12)10-18(22)21-7-6-16-14(11-21)4-5-17(19-16)24-9-8-23-3/h4-5H,6-11H2,1-3H3. The number of methoxy groups -OCH3 is 1. The molecule has 0 atom stereocenters. The van der Waals surface area contributed by atoms with Crippen LogP contribution < -0.4 is 4.74 Å². The largest absolute Gasteiger partial charge is 0.475 e. The number of pyridine rings is 1. The summed E-state index contributed by atoms with van der Waals surface area (Å²) < 4.78 is 15.7. The van der Waals surface area contributed by atoms with Crippen LogP contribution in [0.15, 0.2) is 16.7 Å². The zero-order valence-electron chi connectivity index (χ0n) is 14.9. The van der Waals surface area contributed by atoms with Crippen molar-refractivity contribution < 1.29 is 18.8 Å². The van der Waals surface area contributed by atoms with Crippen molar-refractivity contribution in [3.63, 3.8) is 0 Å². The maximum Gasteiger partial charge on any atom is 0.227 e. The minimum atomic E-state index is 0.0838. The fourth-order valence-electron chi connectivity index (χ4n) is 2.94. The van der Waals surface area contributed by atoms with Crippen LogP contribution in [-0.2, 0) is 28.9 Å². The summed E-state index contributed by atoms with van der Waals surface area (Å²) >= 11 is 0. The van der Waals surface area contributed by atoms with Gasteiger partial charge in [-0.2, -0.15) is 0 Å². The zero-order chi connectivity index (χ0) is 17.8. The Morgan fingerprint density at radius 1 is 1.32 bits per heavy atom. The van der Waals surface area contributed by atoms with Gasteiger partial charge in [0.15, 0.2) is 0 Å². The van der Waals surface area contributed by atoms with E-state index in [-0.39, 0.29) is 5.91 Å².